The van der Waals surface area contributed by atoms with E-state index in [4.69, 9.17) is 18.9 Å². The van der Waals surface area contributed by atoms with Crippen molar-refractivity contribution in [2.75, 3.05) is 28.4 Å². The first-order valence-electron chi connectivity index (χ1n) is 14.0. The van der Waals surface area contributed by atoms with Gasteiger partial charge >= 0.3 is 240 Å². The number of methoxy groups -OCH3 is 4. The van der Waals surface area contributed by atoms with Crippen LogP contribution in [-0.4, -0.2) is 70.7 Å². The summed E-state index contributed by atoms with van der Waals surface area (Å²) in [5.74, 6) is 2.22. The van der Waals surface area contributed by atoms with Crippen LogP contribution in [0.15, 0.2) is 20.3 Å². The van der Waals surface area contributed by atoms with Gasteiger partial charge in [-0.3, -0.25) is 0 Å². The number of carbonyl (C=O) groups excluding carboxylic acids is 4. The summed E-state index contributed by atoms with van der Waals surface area (Å²) in [7, 11) is 4.76. The van der Waals surface area contributed by atoms with Crippen molar-refractivity contribution in [1.29, 1.82) is 0 Å². The molecule has 0 aliphatic carbocycles. The van der Waals surface area contributed by atoms with Crippen molar-refractivity contribution in [2.24, 2.45) is 0 Å². The molecule has 0 aromatic carbocycles. The Morgan fingerprint density at radius 1 is 0.564 bits per heavy atom. The number of hydrogen-bond donors (Lipinski definition) is 0. The summed E-state index contributed by atoms with van der Waals surface area (Å²) in [6.07, 6.45) is 7.49. The topological polar surface area (TPSA) is 105 Å². The fourth-order valence-corrected chi connectivity index (χ4v) is 21.4. The average molecular weight is 655 g/mol. The van der Waals surface area contributed by atoms with Gasteiger partial charge in [-0.2, -0.15) is 0 Å². The molecule has 0 saturated heterocycles. The van der Waals surface area contributed by atoms with Gasteiger partial charge in [0.05, 0.1) is 0 Å². The fraction of sp³-hybridized carbons (Fsp3) is 0.667. The van der Waals surface area contributed by atoms with Crippen LogP contribution in [-0.2, 0) is 38.1 Å². The SMILES string of the molecule is CCCCC#C/C(C(=O)OC)=C(C(=O)OC)\C(C(=O)OC)=[C](\C(=O)OC)[Sn]([CH2]CCC)([CH2]CCC)[CH2]CCC. The molecule has 0 N–H and O–H groups in total. The van der Waals surface area contributed by atoms with Crippen LogP contribution < -0.4 is 0 Å². The van der Waals surface area contributed by atoms with E-state index in [-0.39, 0.29) is 14.7 Å². The van der Waals surface area contributed by atoms with Gasteiger partial charge < -0.3 is 0 Å². The van der Waals surface area contributed by atoms with Crippen LogP contribution in [0.5, 0.6) is 0 Å². The van der Waals surface area contributed by atoms with E-state index in [1.165, 1.54) is 21.3 Å². The Hall–Kier alpha value is -2.28. The predicted molar refractivity (Wildman–Crippen MR) is 154 cm³/mol. The molecule has 0 aromatic rings. The van der Waals surface area contributed by atoms with Gasteiger partial charge in [0.1, 0.15) is 0 Å². The minimum absolute atomic E-state index is 0.228. The Morgan fingerprint density at radius 3 is 1.36 bits per heavy atom. The molecule has 39 heavy (non-hydrogen) atoms. The summed E-state index contributed by atoms with van der Waals surface area (Å²) in [6, 6.07) is 0. The average Bonchev–Trinajstić information content (AvgIpc) is 2.96. The zero-order chi connectivity index (χ0) is 29.8. The molecule has 0 atom stereocenters. The Morgan fingerprint density at radius 2 is 0.974 bits per heavy atom. The first-order valence-corrected chi connectivity index (χ1v) is 21.5. The summed E-state index contributed by atoms with van der Waals surface area (Å²) in [6.45, 7) is 8.26. The second-order valence-corrected chi connectivity index (χ2v) is 22.5. The van der Waals surface area contributed by atoms with E-state index in [2.05, 4.69) is 32.6 Å². The fourth-order valence-electron chi connectivity index (χ4n) is 4.58. The Balaban J connectivity index is 8.27. The molecule has 8 nitrogen and oxygen atoms in total. The van der Waals surface area contributed by atoms with Gasteiger partial charge in [-0.15, -0.1) is 0 Å². The third-order valence-corrected chi connectivity index (χ3v) is 22.3. The summed E-state index contributed by atoms with van der Waals surface area (Å²) in [5.41, 5.74) is -0.990. The van der Waals surface area contributed by atoms with Crippen molar-refractivity contribution < 1.29 is 38.1 Å². The molecule has 0 heterocycles. The van der Waals surface area contributed by atoms with Gasteiger partial charge in [-0.1, -0.05) is 0 Å². The zero-order valence-corrected chi connectivity index (χ0v) is 28.1. The van der Waals surface area contributed by atoms with Crippen molar-refractivity contribution in [3.8, 4) is 11.8 Å². The maximum absolute atomic E-state index is 13.7. The van der Waals surface area contributed by atoms with E-state index < -0.39 is 47.8 Å². The van der Waals surface area contributed by atoms with E-state index >= 15 is 0 Å². The van der Waals surface area contributed by atoms with Crippen LogP contribution in [0.3, 0.4) is 0 Å². The number of ether oxygens (including phenoxy) is 4. The van der Waals surface area contributed by atoms with Gasteiger partial charge in [-0.05, 0) is 0 Å². The molecule has 0 aliphatic heterocycles. The molecule has 0 aromatic heterocycles. The van der Waals surface area contributed by atoms with Crippen LogP contribution >= 0.6 is 0 Å². The Labute approximate surface area is 239 Å². The molecule has 0 saturated carbocycles. The van der Waals surface area contributed by atoms with Crippen LogP contribution in [0.1, 0.15) is 85.5 Å². The van der Waals surface area contributed by atoms with Gasteiger partial charge in [-0.25, -0.2) is 0 Å². The molecule has 9 heteroatoms. The molecule has 0 aliphatic rings. The summed E-state index contributed by atoms with van der Waals surface area (Å²) in [4.78, 5) is 53.7. The van der Waals surface area contributed by atoms with Crippen LogP contribution in [0, 0.1) is 11.8 Å². The van der Waals surface area contributed by atoms with E-state index in [0.29, 0.717) is 6.42 Å². The number of unbranched alkanes of at least 4 members (excludes halogenated alkanes) is 5. The first-order chi connectivity index (χ1) is 18.7. The predicted octanol–water partition coefficient (Wildman–Crippen LogP) is 5.85. The van der Waals surface area contributed by atoms with E-state index in [1.54, 1.807) is 0 Å². The molecule has 0 spiro atoms. The number of rotatable bonds is 17. The normalized spacial score (nSPS) is 12.3. The van der Waals surface area contributed by atoms with Gasteiger partial charge in [0.15, 0.2) is 0 Å². The second-order valence-electron chi connectivity index (χ2n) is 9.46. The number of esters is 4. The molecule has 0 rings (SSSR count). The van der Waals surface area contributed by atoms with Gasteiger partial charge in [0, 0.05) is 0 Å². The van der Waals surface area contributed by atoms with Crippen LogP contribution in [0.2, 0.25) is 13.3 Å². The van der Waals surface area contributed by atoms with Gasteiger partial charge in [0.25, 0.3) is 0 Å². The van der Waals surface area contributed by atoms with Crippen molar-refractivity contribution in [2.45, 2.75) is 98.8 Å². The van der Waals surface area contributed by atoms with Crippen molar-refractivity contribution >= 4 is 42.3 Å². The monoisotopic (exact) mass is 656 g/mol. The third-order valence-electron chi connectivity index (χ3n) is 6.73. The zero-order valence-electron chi connectivity index (χ0n) is 25.3. The van der Waals surface area contributed by atoms with Crippen molar-refractivity contribution in [1.82, 2.24) is 0 Å². The summed E-state index contributed by atoms with van der Waals surface area (Å²) >= 11 is -3.83. The number of hydrogen-bond acceptors (Lipinski definition) is 8. The quantitative estimate of drug-likeness (QED) is 0.0366. The maximum atomic E-state index is 13.7. The molecule has 0 bridgehead atoms. The molecule has 220 valence electrons. The van der Waals surface area contributed by atoms with Crippen molar-refractivity contribution in [3.63, 3.8) is 0 Å². The Bertz CT molecular complexity index is 930. The van der Waals surface area contributed by atoms with Crippen LogP contribution in [0.4, 0.5) is 0 Å². The summed E-state index contributed by atoms with van der Waals surface area (Å²) < 4.78 is 23.1. The molecular formula is C30H48O8Sn. The molecular weight excluding hydrogens is 607 g/mol. The van der Waals surface area contributed by atoms with Gasteiger partial charge in [0.2, 0.25) is 0 Å². The third kappa shape index (κ3) is 11.0. The van der Waals surface area contributed by atoms with E-state index in [1.807, 2.05) is 6.92 Å². The first kappa shape index (κ1) is 36.7. The Kier molecular flexibility index (Phi) is 19.4. The van der Waals surface area contributed by atoms with Crippen molar-refractivity contribution in [3.05, 3.63) is 20.3 Å². The molecule has 0 fully saturated rings. The standard InChI is InChI=1S/C18H21O8.3C4H9.Sn/c1-6-7-8-9-10-12(16(20)24-3)15(18(22)26-5)13(17(21)25-4)11-14(19)23-2;3*1-3-4-2;/h6-8H2,1-5H3;3*1,3-4H2,2H3;/b13-11?,15-12-;;;;. The molecule has 0 amide bonds. The van der Waals surface area contributed by atoms with E-state index in [0.717, 1.165) is 71.8 Å². The second kappa shape index (κ2) is 20.6. The minimum atomic E-state index is -3.83. The summed E-state index contributed by atoms with van der Waals surface area (Å²) in [5, 5.41) is 0. The van der Waals surface area contributed by atoms with Crippen LogP contribution in [0.25, 0.3) is 0 Å². The molecule has 0 radical (unpaired) electrons. The van der Waals surface area contributed by atoms with E-state index in [9.17, 15) is 19.2 Å². The number of carbonyl (C=O) groups is 4. The molecule has 0 unspecified atom stereocenters.